The van der Waals surface area contributed by atoms with Gasteiger partial charge in [-0.3, -0.25) is 4.98 Å². The molecule has 1 fully saturated rings. The Morgan fingerprint density at radius 1 is 1.09 bits per heavy atom. The first-order valence-corrected chi connectivity index (χ1v) is 7.81. The van der Waals surface area contributed by atoms with E-state index in [-0.39, 0.29) is 0 Å². The molecule has 6 nitrogen and oxygen atoms in total. The monoisotopic (exact) mass is 304 g/mol. The van der Waals surface area contributed by atoms with Gasteiger partial charge in [-0.15, -0.1) is 5.10 Å². The van der Waals surface area contributed by atoms with Crippen LogP contribution in [-0.2, 0) is 0 Å². The van der Waals surface area contributed by atoms with Crippen molar-refractivity contribution in [1.29, 1.82) is 5.26 Å². The lowest BCUT2D eigenvalue weighted by molar-refractivity contribution is 0.572. The summed E-state index contributed by atoms with van der Waals surface area (Å²) in [6.45, 7) is 1.89. The molecule has 1 saturated heterocycles. The number of anilines is 1. The maximum atomic E-state index is 9.62. The van der Waals surface area contributed by atoms with E-state index in [1.165, 1.54) is 6.42 Å². The average Bonchev–Trinajstić information content (AvgIpc) is 3.02. The second-order valence-electron chi connectivity index (χ2n) is 5.67. The fraction of sp³-hybridized carbons (Fsp3) is 0.294. The molecule has 0 aromatic carbocycles. The predicted molar refractivity (Wildman–Crippen MR) is 87.0 cm³/mol. The lowest BCUT2D eigenvalue weighted by atomic mass is 10.1. The zero-order valence-electron chi connectivity index (χ0n) is 12.7. The quantitative estimate of drug-likeness (QED) is 0.728. The van der Waals surface area contributed by atoms with E-state index in [2.05, 4.69) is 20.9 Å². The number of rotatable bonds is 2. The Morgan fingerprint density at radius 3 is 2.70 bits per heavy atom. The van der Waals surface area contributed by atoms with Crippen molar-refractivity contribution in [2.24, 2.45) is 0 Å². The van der Waals surface area contributed by atoms with E-state index >= 15 is 0 Å². The van der Waals surface area contributed by atoms with Gasteiger partial charge < -0.3 is 4.90 Å². The largest absolute Gasteiger partial charge is 0.354 e. The van der Waals surface area contributed by atoms with Crippen LogP contribution in [-0.4, -0.2) is 32.7 Å². The van der Waals surface area contributed by atoms with Crippen LogP contribution in [0.3, 0.4) is 0 Å². The van der Waals surface area contributed by atoms with Gasteiger partial charge in [0.05, 0.1) is 5.69 Å². The van der Waals surface area contributed by atoms with Crippen LogP contribution in [0.4, 0.5) is 5.82 Å². The summed E-state index contributed by atoms with van der Waals surface area (Å²) in [7, 11) is 0. The Labute approximate surface area is 134 Å². The van der Waals surface area contributed by atoms with Gasteiger partial charge in [0.25, 0.3) is 0 Å². The SMILES string of the molecule is N#Cc1c(N2CCCCC2)nn2c(-c3cccnc3)ccnc12. The predicted octanol–water partition coefficient (Wildman–Crippen LogP) is 2.65. The molecule has 114 valence electrons. The molecule has 0 atom stereocenters. The van der Waals surface area contributed by atoms with Crippen molar-refractivity contribution in [1.82, 2.24) is 19.6 Å². The van der Waals surface area contributed by atoms with Crippen molar-refractivity contribution in [3.63, 3.8) is 0 Å². The number of hydrogen-bond donors (Lipinski definition) is 0. The molecule has 3 aromatic heterocycles. The fourth-order valence-electron chi connectivity index (χ4n) is 3.09. The van der Waals surface area contributed by atoms with Gasteiger partial charge in [-0.2, -0.15) is 5.26 Å². The second-order valence-corrected chi connectivity index (χ2v) is 5.67. The highest BCUT2D eigenvalue weighted by Gasteiger charge is 2.22. The summed E-state index contributed by atoms with van der Waals surface area (Å²) in [6.07, 6.45) is 8.78. The molecule has 23 heavy (non-hydrogen) atoms. The summed E-state index contributed by atoms with van der Waals surface area (Å²) in [5.41, 5.74) is 3.01. The van der Waals surface area contributed by atoms with Gasteiger partial charge in [0.2, 0.25) is 0 Å². The Kier molecular flexibility index (Phi) is 3.39. The lowest BCUT2D eigenvalue weighted by Crippen LogP contribution is -2.30. The third-order valence-corrected chi connectivity index (χ3v) is 4.22. The molecule has 0 N–H and O–H groups in total. The summed E-state index contributed by atoms with van der Waals surface area (Å²) in [4.78, 5) is 10.8. The van der Waals surface area contributed by atoms with Crippen LogP contribution in [0.5, 0.6) is 0 Å². The van der Waals surface area contributed by atoms with Crippen LogP contribution in [0.25, 0.3) is 16.9 Å². The first-order chi connectivity index (χ1) is 11.4. The first-order valence-electron chi connectivity index (χ1n) is 7.81. The summed E-state index contributed by atoms with van der Waals surface area (Å²) in [5, 5.41) is 14.3. The molecule has 4 rings (SSSR count). The number of nitrogens with zero attached hydrogens (tertiary/aromatic N) is 6. The van der Waals surface area contributed by atoms with E-state index < -0.39 is 0 Å². The lowest BCUT2D eigenvalue weighted by Gasteiger charge is -2.26. The molecule has 1 aliphatic rings. The second kappa shape index (κ2) is 5.69. The van der Waals surface area contributed by atoms with E-state index in [1.807, 2.05) is 18.2 Å². The van der Waals surface area contributed by atoms with E-state index in [1.54, 1.807) is 23.1 Å². The molecule has 3 aromatic rings. The van der Waals surface area contributed by atoms with Gasteiger partial charge in [0.1, 0.15) is 11.6 Å². The maximum Gasteiger partial charge on any atom is 0.175 e. The van der Waals surface area contributed by atoms with Gasteiger partial charge in [-0.1, -0.05) is 0 Å². The Hall–Kier alpha value is -2.94. The molecule has 6 heteroatoms. The van der Waals surface area contributed by atoms with Crippen LogP contribution in [0.1, 0.15) is 24.8 Å². The molecule has 0 radical (unpaired) electrons. The number of pyridine rings is 1. The maximum absolute atomic E-state index is 9.62. The van der Waals surface area contributed by atoms with Gasteiger partial charge in [-0.05, 0) is 37.5 Å². The number of fused-ring (bicyclic) bond motifs is 1. The van der Waals surface area contributed by atoms with Gasteiger partial charge in [0.15, 0.2) is 11.5 Å². The zero-order chi connectivity index (χ0) is 15.6. The highest BCUT2D eigenvalue weighted by atomic mass is 15.3. The van der Waals surface area contributed by atoms with Crippen molar-refractivity contribution >= 4 is 11.5 Å². The minimum absolute atomic E-state index is 0.553. The van der Waals surface area contributed by atoms with Crippen molar-refractivity contribution in [3.8, 4) is 17.3 Å². The molecule has 1 aliphatic heterocycles. The van der Waals surface area contributed by atoms with E-state index in [4.69, 9.17) is 5.10 Å². The fourth-order valence-corrected chi connectivity index (χ4v) is 3.09. The molecule has 0 saturated carbocycles. The van der Waals surface area contributed by atoms with Crippen molar-refractivity contribution in [2.75, 3.05) is 18.0 Å². The molecular weight excluding hydrogens is 288 g/mol. The van der Waals surface area contributed by atoms with E-state index in [9.17, 15) is 5.26 Å². The summed E-state index contributed by atoms with van der Waals surface area (Å²) in [5.74, 6) is 0.746. The van der Waals surface area contributed by atoms with Crippen LogP contribution < -0.4 is 4.90 Å². The normalized spacial score (nSPS) is 14.8. The molecule has 4 heterocycles. The number of aromatic nitrogens is 4. The minimum atomic E-state index is 0.553. The summed E-state index contributed by atoms with van der Waals surface area (Å²) < 4.78 is 1.76. The molecule has 0 spiro atoms. The summed E-state index contributed by atoms with van der Waals surface area (Å²) in [6, 6.07) is 8.07. The molecule has 0 bridgehead atoms. The van der Waals surface area contributed by atoms with Crippen LogP contribution in [0, 0.1) is 11.3 Å². The molecule has 0 aliphatic carbocycles. The highest BCUT2D eigenvalue weighted by Crippen LogP contribution is 2.28. The number of nitriles is 1. The zero-order valence-corrected chi connectivity index (χ0v) is 12.7. The standard InChI is InChI=1S/C17H16N6/c18-11-14-16-20-8-6-15(13-5-4-7-19-12-13)23(16)21-17(14)22-9-2-1-3-10-22/h4-8,12H,1-3,9-10H2. The van der Waals surface area contributed by atoms with Crippen molar-refractivity contribution < 1.29 is 0 Å². The van der Waals surface area contributed by atoms with Crippen molar-refractivity contribution in [3.05, 3.63) is 42.4 Å². The van der Waals surface area contributed by atoms with Gasteiger partial charge in [0, 0.05) is 37.2 Å². The van der Waals surface area contributed by atoms with E-state index in [0.717, 1.165) is 43.0 Å². The molecule has 0 amide bonds. The highest BCUT2D eigenvalue weighted by molar-refractivity contribution is 5.72. The Balaban J connectivity index is 1.91. The van der Waals surface area contributed by atoms with E-state index in [0.29, 0.717) is 11.2 Å². The Morgan fingerprint density at radius 2 is 1.96 bits per heavy atom. The molecule has 0 unspecified atom stereocenters. The Bertz CT molecular complexity index is 871. The molecular formula is C17H16N6. The minimum Gasteiger partial charge on any atom is -0.354 e. The smallest absolute Gasteiger partial charge is 0.175 e. The van der Waals surface area contributed by atoms with Gasteiger partial charge in [-0.25, -0.2) is 9.50 Å². The summed E-state index contributed by atoms with van der Waals surface area (Å²) >= 11 is 0. The third kappa shape index (κ3) is 2.30. The van der Waals surface area contributed by atoms with Crippen molar-refractivity contribution in [2.45, 2.75) is 19.3 Å². The first kappa shape index (κ1) is 13.7. The number of piperidine rings is 1. The third-order valence-electron chi connectivity index (χ3n) is 4.22. The van der Waals surface area contributed by atoms with Crippen LogP contribution in [0.2, 0.25) is 0 Å². The topological polar surface area (TPSA) is 70.1 Å². The average molecular weight is 304 g/mol. The van der Waals surface area contributed by atoms with Crippen LogP contribution >= 0.6 is 0 Å². The number of hydrogen-bond acceptors (Lipinski definition) is 5. The van der Waals surface area contributed by atoms with Gasteiger partial charge >= 0.3 is 0 Å². The van der Waals surface area contributed by atoms with Crippen LogP contribution in [0.15, 0.2) is 36.8 Å².